The molecule has 0 aliphatic carbocycles. The zero-order valence-corrected chi connectivity index (χ0v) is 11.2. The Morgan fingerprint density at radius 1 is 1.35 bits per heavy atom. The van der Waals surface area contributed by atoms with E-state index in [-0.39, 0.29) is 12.8 Å². The van der Waals surface area contributed by atoms with Crippen LogP contribution < -0.4 is 10.5 Å². The zero-order chi connectivity index (χ0) is 12.7. The summed E-state index contributed by atoms with van der Waals surface area (Å²) >= 11 is 6.11. The normalized spacial score (nSPS) is 12.5. The lowest BCUT2D eigenvalue weighted by Gasteiger charge is -2.11. The number of hydrogen-bond acceptors (Lipinski definition) is 3. The second-order valence-corrected chi connectivity index (χ2v) is 4.30. The molecule has 1 atom stereocenters. The predicted molar refractivity (Wildman–Crippen MR) is 70.5 cm³/mol. The molecule has 1 aromatic rings. The van der Waals surface area contributed by atoms with E-state index in [1.807, 2.05) is 25.1 Å². The van der Waals surface area contributed by atoms with Gasteiger partial charge < -0.3 is 15.2 Å². The Morgan fingerprint density at radius 2 is 2.12 bits per heavy atom. The molecule has 96 valence electrons. The van der Waals surface area contributed by atoms with E-state index in [4.69, 9.17) is 26.8 Å². The van der Waals surface area contributed by atoms with Crippen LogP contribution in [-0.2, 0) is 11.2 Å². The van der Waals surface area contributed by atoms with Crippen molar-refractivity contribution in [2.75, 3.05) is 13.4 Å². The number of ether oxygens (including phenoxy) is 2. The number of rotatable bonds is 7. The van der Waals surface area contributed by atoms with Crippen molar-refractivity contribution in [1.29, 1.82) is 0 Å². The molecule has 2 N–H and O–H groups in total. The first-order valence-corrected chi connectivity index (χ1v) is 6.29. The fourth-order valence-corrected chi connectivity index (χ4v) is 1.68. The Balaban J connectivity index is 2.59. The lowest BCUT2D eigenvalue weighted by Crippen LogP contribution is -2.21. The van der Waals surface area contributed by atoms with E-state index in [1.165, 1.54) is 0 Å². The predicted octanol–water partition coefficient (Wildman–Crippen LogP) is 2.99. The van der Waals surface area contributed by atoms with Crippen LogP contribution in [0.5, 0.6) is 5.75 Å². The summed E-state index contributed by atoms with van der Waals surface area (Å²) < 4.78 is 10.5. The number of hydrogen-bond donors (Lipinski definition) is 1. The molecule has 1 aromatic carbocycles. The minimum absolute atomic E-state index is 0.182. The fraction of sp³-hybridized carbons (Fsp3) is 0.538. The first kappa shape index (κ1) is 14.3. The monoisotopic (exact) mass is 257 g/mol. The maximum atomic E-state index is 6.11. The van der Waals surface area contributed by atoms with E-state index >= 15 is 0 Å². The van der Waals surface area contributed by atoms with E-state index < -0.39 is 0 Å². The molecule has 17 heavy (non-hydrogen) atoms. The number of benzene rings is 1. The Hall–Kier alpha value is -0.770. The van der Waals surface area contributed by atoms with Crippen molar-refractivity contribution in [1.82, 2.24) is 0 Å². The van der Waals surface area contributed by atoms with Gasteiger partial charge >= 0.3 is 0 Å². The Bertz CT molecular complexity index is 344. The number of nitrogens with two attached hydrogens (primary N) is 1. The first-order chi connectivity index (χ1) is 8.17. The average molecular weight is 258 g/mol. The molecule has 0 saturated heterocycles. The summed E-state index contributed by atoms with van der Waals surface area (Å²) in [6.45, 7) is 4.84. The van der Waals surface area contributed by atoms with Gasteiger partial charge in [0.05, 0.1) is 5.02 Å². The van der Waals surface area contributed by atoms with Crippen molar-refractivity contribution in [3.8, 4) is 5.75 Å². The largest absolute Gasteiger partial charge is 0.466 e. The molecule has 0 aliphatic rings. The molecule has 1 unspecified atom stereocenters. The van der Waals surface area contributed by atoms with Gasteiger partial charge in [-0.2, -0.15) is 0 Å². The Kier molecular flexibility index (Phi) is 6.34. The highest BCUT2D eigenvalue weighted by Gasteiger charge is 2.06. The van der Waals surface area contributed by atoms with Crippen LogP contribution in [0.2, 0.25) is 5.02 Å². The van der Waals surface area contributed by atoms with Gasteiger partial charge in [0.2, 0.25) is 0 Å². The summed E-state index contributed by atoms with van der Waals surface area (Å²) in [6, 6.07) is 5.93. The minimum Gasteiger partial charge on any atom is -0.466 e. The lowest BCUT2D eigenvalue weighted by atomic mass is 10.0. The molecule has 3 nitrogen and oxygen atoms in total. The average Bonchev–Trinajstić information content (AvgIpc) is 2.32. The van der Waals surface area contributed by atoms with Crippen molar-refractivity contribution in [2.45, 2.75) is 32.7 Å². The van der Waals surface area contributed by atoms with Crippen LogP contribution in [-0.4, -0.2) is 19.4 Å². The summed E-state index contributed by atoms with van der Waals surface area (Å²) in [5.74, 6) is 0.647. The van der Waals surface area contributed by atoms with Crippen molar-refractivity contribution in [2.24, 2.45) is 5.73 Å². The summed E-state index contributed by atoms with van der Waals surface area (Å²) in [4.78, 5) is 0. The van der Waals surface area contributed by atoms with Gasteiger partial charge in [-0.25, -0.2) is 0 Å². The van der Waals surface area contributed by atoms with Crippen LogP contribution in [0.4, 0.5) is 0 Å². The van der Waals surface area contributed by atoms with E-state index in [1.54, 1.807) is 0 Å². The molecule has 0 heterocycles. The Morgan fingerprint density at radius 3 is 2.71 bits per heavy atom. The smallest absolute Gasteiger partial charge is 0.189 e. The minimum atomic E-state index is 0.182. The fourth-order valence-electron chi connectivity index (χ4n) is 1.42. The Labute approximate surface area is 108 Å². The molecule has 0 amide bonds. The van der Waals surface area contributed by atoms with Crippen LogP contribution in [0.15, 0.2) is 18.2 Å². The van der Waals surface area contributed by atoms with Crippen molar-refractivity contribution in [3.05, 3.63) is 28.8 Å². The summed E-state index contributed by atoms with van der Waals surface area (Å²) in [5.41, 5.74) is 7.03. The molecule has 0 radical (unpaired) electrons. The van der Waals surface area contributed by atoms with Crippen LogP contribution in [0.25, 0.3) is 0 Å². The third kappa shape index (κ3) is 4.94. The standard InChI is InChI=1S/C13H20ClNO2/c1-3-11(15)7-10-5-6-13(12(14)8-10)17-9-16-4-2/h5-6,8,11H,3-4,7,9,15H2,1-2H3. The van der Waals surface area contributed by atoms with Crippen LogP contribution >= 0.6 is 11.6 Å². The second-order valence-electron chi connectivity index (χ2n) is 3.89. The third-order valence-electron chi connectivity index (χ3n) is 2.52. The van der Waals surface area contributed by atoms with E-state index in [9.17, 15) is 0 Å². The molecular formula is C13H20ClNO2. The number of halogens is 1. The van der Waals surface area contributed by atoms with Crippen LogP contribution in [0, 0.1) is 0 Å². The van der Waals surface area contributed by atoms with Gasteiger partial charge in [0.1, 0.15) is 5.75 Å². The molecule has 0 aromatic heterocycles. The second kappa shape index (κ2) is 7.54. The van der Waals surface area contributed by atoms with Crippen LogP contribution in [0.3, 0.4) is 0 Å². The molecule has 0 saturated carbocycles. The van der Waals surface area contributed by atoms with Crippen LogP contribution in [0.1, 0.15) is 25.8 Å². The van der Waals surface area contributed by atoms with Gasteiger partial charge in [-0.1, -0.05) is 24.6 Å². The van der Waals surface area contributed by atoms with Gasteiger partial charge in [-0.15, -0.1) is 0 Å². The van der Waals surface area contributed by atoms with Gasteiger partial charge in [-0.05, 0) is 37.5 Å². The highest BCUT2D eigenvalue weighted by molar-refractivity contribution is 6.32. The lowest BCUT2D eigenvalue weighted by molar-refractivity contribution is 0.0224. The quantitative estimate of drug-likeness (QED) is 0.603. The van der Waals surface area contributed by atoms with Crippen molar-refractivity contribution in [3.63, 3.8) is 0 Å². The highest BCUT2D eigenvalue weighted by atomic mass is 35.5. The molecule has 0 aliphatic heterocycles. The molecular weight excluding hydrogens is 238 g/mol. The molecule has 0 bridgehead atoms. The molecule has 0 spiro atoms. The summed E-state index contributed by atoms with van der Waals surface area (Å²) in [5, 5.41) is 0.602. The summed E-state index contributed by atoms with van der Waals surface area (Å²) in [6.07, 6.45) is 1.79. The van der Waals surface area contributed by atoms with Crippen molar-refractivity contribution < 1.29 is 9.47 Å². The maximum absolute atomic E-state index is 6.11. The highest BCUT2D eigenvalue weighted by Crippen LogP contribution is 2.26. The first-order valence-electron chi connectivity index (χ1n) is 5.91. The molecule has 0 fully saturated rings. The maximum Gasteiger partial charge on any atom is 0.189 e. The van der Waals surface area contributed by atoms with E-state index in [0.717, 1.165) is 18.4 Å². The van der Waals surface area contributed by atoms with Gasteiger partial charge in [-0.3, -0.25) is 0 Å². The molecule has 4 heteroatoms. The van der Waals surface area contributed by atoms with Crippen molar-refractivity contribution >= 4 is 11.6 Å². The summed E-state index contributed by atoms with van der Waals surface area (Å²) in [7, 11) is 0. The molecule has 1 rings (SSSR count). The van der Waals surface area contributed by atoms with E-state index in [2.05, 4.69) is 6.92 Å². The topological polar surface area (TPSA) is 44.5 Å². The van der Waals surface area contributed by atoms with Gasteiger partial charge in [0.15, 0.2) is 6.79 Å². The zero-order valence-electron chi connectivity index (χ0n) is 10.4. The van der Waals surface area contributed by atoms with Gasteiger partial charge in [0, 0.05) is 12.6 Å². The SMILES string of the molecule is CCOCOc1ccc(CC(N)CC)cc1Cl. The third-order valence-corrected chi connectivity index (χ3v) is 2.82. The van der Waals surface area contributed by atoms with Gasteiger partial charge in [0.25, 0.3) is 0 Å². The van der Waals surface area contributed by atoms with E-state index in [0.29, 0.717) is 17.4 Å².